The number of carboxylic acid groups (broad SMARTS) is 1. The number of hydrogen-bond acceptors (Lipinski definition) is 5. The van der Waals surface area contributed by atoms with Gasteiger partial charge < -0.3 is 10.0 Å². The van der Waals surface area contributed by atoms with Crippen LogP contribution in [0.1, 0.15) is 28.2 Å². The molecule has 3 aromatic rings. The van der Waals surface area contributed by atoms with Gasteiger partial charge in [0.2, 0.25) is 0 Å². The smallest absolute Gasteiger partial charge is 0.323 e. The highest BCUT2D eigenvalue weighted by atomic mass is 32.1. The summed E-state index contributed by atoms with van der Waals surface area (Å²) < 4.78 is 0. The molecule has 1 aliphatic rings. The lowest BCUT2D eigenvalue weighted by Gasteiger charge is -2.18. The summed E-state index contributed by atoms with van der Waals surface area (Å²) in [6.45, 7) is -0.0679. The number of benzene rings is 1. The van der Waals surface area contributed by atoms with Gasteiger partial charge in [-0.1, -0.05) is 30.3 Å². The van der Waals surface area contributed by atoms with Gasteiger partial charge >= 0.3 is 5.97 Å². The highest BCUT2D eigenvalue weighted by Crippen LogP contribution is 2.40. The van der Waals surface area contributed by atoms with Gasteiger partial charge in [0.15, 0.2) is 0 Å². The molecule has 6 heteroatoms. The molecule has 5 nitrogen and oxygen atoms in total. The third-order valence-electron chi connectivity index (χ3n) is 4.53. The molecule has 0 aliphatic heterocycles. The second kappa shape index (κ2) is 6.44. The van der Waals surface area contributed by atoms with Crippen LogP contribution >= 0.6 is 11.3 Å². The van der Waals surface area contributed by atoms with Crippen molar-refractivity contribution in [1.29, 1.82) is 0 Å². The molecule has 128 valence electrons. The van der Waals surface area contributed by atoms with E-state index in [9.17, 15) is 9.90 Å². The predicted molar refractivity (Wildman–Crippen MR) is 99.6 cm³/mol. The summed E-state index contributed by atoms with van der Waals surface area (Å²) in [5, 5.41) is 10.2. The van der Waals surface area contributed by atoms with Crippen LogP contribution in [0.5, 0.6) is 0 Å². The average molecular weight is 353 g/mol. The lowest BCUT2D eigenvalue weighted by Crippen LogP contribution is -2.26. The second-order valence-electron chi connectivity index (χ2n) is 6.41. The molecule has 0 unspecified atom stereocenters. The van der Waals surface area contributed by atoms with E-state index in [0.717, 1.165) is 46.7 Å². The Kier molecular flexibility index (Phi) is 4.13. The van der Waals surface area contributed by atoms with E-state index in [1.807, 2.05) is 18.2 Å². The molecule has 4 rings (SSSR count). The minimum atomic E-state index is -0.856. The number of aromatic nitrogens is 2. The Labute approximate surface area is 150 Å². The first kappa shape index (κ1) is 16.0. The van der Waals surface area contributed by atoms with Gasteiger partial charge in [-0.15, -0.1) is 11.3 Å². The lowest BCUT2D eigenvalue weighted by atomic mass is 10.1. The highest BCUT2D eigenvalue weighted by molar-refractivity contribution is 7.19. The first-order chi connectivity index (χ1) is 12.1. The van der Waals surface area contributed by atoms with Gasteiger partial charge in [-0.05, 0) is 30.4 Å². The number of likely N-dealkylation sites (N-methyl/N-ethyl adjacent to an activating group) is 1. The van der Waals surface area contributed by atoms with Gasteiger partial charge in [0.25, 0.3) is 0 Å². The van der Waals surface area contributed by atoms with Crippen molar-refractivity contribution in [1.82, 2.24) is 9.97 Å². The Hall–Kier alpha value is -2.47. The van der Waals surface area contributed by atoms with Gasteiger partial charge in [-0.2, -0.15) is 0 Å². The van der Waals surface area contributed by atoms with Crippen LogP contribution in [0, 0.1) is 0 Å². The van der Waals surface area contributed by atoms with E-state index in [1.54, 1.807) is 23.3 Å². The number of carboxylic acids is 1. The molecule has 0 saturated heterocycles. The van der Waals surface area contributed by atoms with Crippen LogP contribution in [-0.2, 0) is 24.1 Å². The normalized spacial score (nSPS) is 13.2. The Bertz CT molecular complexity index is 937. The number of anilines is 1. The van der Waals surface area contributed by atoms with E-state index in [4.69, 9.17) is 9.97 Å². The van der Waals surface area contributed by atoms with Gasteiger partial charge in [-0.3, -0.25) is 4.79 Å². The number of fused-ring (bicyclic) bond motifs is 3. The standard InChI is InChI=1S/C19H19N3O2S/c1-22(11-16(23)24)18-17-13-8-5-9-14(13)25-19(17)21-15(20-18)10-12-6-3-2-4-7-12/h2-4,6-7H,5,8-11H2,1H3,(H,23,24). The average Bonchev–Trinajstić information content (AvgIpc) is 3.15. The van der Waals surface area contributed by atoms with E-state index in [0.29, 0.717) is 6.42 Å². The van der Waals surface area contributed by atoms with Crippen molar-refractivity contribution in [2.75, 3.05) is 18.5 Å². The highest BCUT2D eigenvalue weighted by Gasteiger charge is 2.24. The van der Waals surface area contributed by atoms with Crippen LogP contribution in [-0.4, -0.2) is 34.6 Å². The van der Waals surface area contributed by atoms with Crippen LogP contribution < -0.4 is 4.90 Å². The fourth-order valence-corrected chi connectivity index (χ4v) is 4.71. The Morgan fingerprint density at radius 2 is 2.04 bits per heavy atom. The second-order valence-corrected chi connectivity index (χ2v) is 7.50. The maximum Gasteiger partial charge on any atom is 0.323 e. The van der Waals surface area contributed by atoms with Gasteiger partial charge in [0, 0.05) is 18.3 Å². The lowest BCUT2D eigenvalue weighted by molar-refractivity contribution is -0.135. The zero-order valence-electron chi connectivity index (χ0n) is 14.0. The van der Waals surface area contributed by atoms with E-state index >= 15 is 0 Å². The molecule has 1 N–H and O–H groups in total. The quantitative estimate of drug-likeness (QED) is 0.762. The summed E-state index contributed by atoms with van der Waals surface area (Å²) in [4.78, 5) is 24.8. The fourth-order valence-electron chi connectivity index (χ4n) is 3.43. The minimum Gasteiger partial charge on any atom is -0.480 e. The van der Waals surface area contributed by atoms with Gasteiger partial charge in [0.1, 0.15) is 23.0 Å². The van der Waals surface area contributed by atoms with E-state index < -0.39 is 5.97 Å². The zero-order chi connectivity index (χ0) is 17.4. The Morgan fingerprint density at radius 1 is 1.24 bits per heavy atom. The van der Waals surface area contributed by atoms with E-state index in [2.05, 4.69) is 12.1 Å². The maximum absolute atomic E-state index is 11.2. The molecule has 0 saturated carbocycles. The van der Waals surface area contributed by atoms with E-state index in [1.165, 1.54) is 10.4 Å². The van der Waals surface area contributed by atoms with Crippen LogP contribution in [0.2, 0.25) is 0 Å². The molecule has 0 bridgehead atoms. The van der Waals surface area contributed by atoms with Crippen molar-refractivity contribution in [2.45, 2.75) is 25.7 Å². The van der Waals surface area contributed by atoms with E-state index in [-0.39, 0.29) is 6.54 Å². The largest absolute Gasteiger partial charge is 0.480 e. The van der Waals surface area contributed by atoms with Crippen molar-refractivity contribution >= 4 is 33.3 Å². The number of nitrogens with zero attached hydrogens (tertiary/aromatic N) is 3. The number of thiophene rings is 1. The molecule has 1 aromatic carbocycles. The van der Waals surface area contributed by atoms with Crippen molar-refractivity contribution in [3.8, 4) is 0 Å². The maximum atomic E-state index is 11.2. The molecule has 0 fully saturated rings. The number of aryl methyl sites for hydroxylation is 2. The summed E-state index contributed by atoms with van der Waals surface area (Å²) in [5.74, 6) is 0.634. The summed E-state index contributed by atoms with van der Waals surface area (Å²) in [6, 6.07) is 10.1. The van der Waals surface area contributed by atoms with Crippen molar-refractivity contribution in [3.05, 3.63) is 52.2 Å². The number of rotatable bonds is 5. The van der Waals surface area contributed by atoms with Gasteiger partial charge in [0.05, 0.1) is 5.39 Å². The number of hydrogen-bond donors (Lipinski definition) is 1. The molecule has 2 heterocycles. The number of carbonyl (C=O) groups is 1. The fraction of sp³-hybridized carbons (Fsp3) is 0.316. The topological polar surface area (TPSA) is 66.3 Å². The summed E-state index contributed by atoms with van der Waals surface area (Å²) in [6.07, 6.45) is 3.93. The van der Waals surface area contributed by atoms with Crippen LogP contribution in [0.15, 0.2) is 30.3 Å². The van der Waals surface area contributed by atoms with Crippen LogP contribution in [0.25, 0.3) is 10.2 Å². The van der Waals surface area contributed by atoms with Crippen LogP contribution in [0.3, 0.4) is 0 Å². The molecule has 0 radical (unpaired) electrons. The molecule has 0 atom stereocenters. The molecule has 2 aromatic heterocycles. The van der Waals surface area contributed by atoms with Crippen LogP contribution in [0.4, 0.5) is 5.82 Å². The van der Waals surface area contributed by atoms with Crippen molar-refractivity contribution < 1.29 is 9.90 Å². The van der Waals surface area contributed by atoms with Gasteiger partial charge in [-0.25, -0.2) is 9.97 Å². The third kappa shape index (κ3) is 3.09. The summed E-state index contributed by atoms with van der Waals surface area (Å²) in [7, 11) is 1.79. The third-order valence-corrected chi connectivity index (χ3v) is 5.72. The molecule has 25 heavy (non-hydrogen) atoms. The predicted octanol–water partition coefficient (Wildman–Crippen LogP) is 3.29. The Morgan fingerprint density at radius 3 is 2.80 bits per heavy atom. The minimum absolute atomic E-state index is 0.0679. The molecule has 0 amide bonds. The Balaban J connectivity index is 1.82. The molecular formula is C19H19N3O2S. The first-order valence-electron chi connectivity index (χ1n) is 8.40. The summed E-state index contributed by atoms with van der Waals surface area (Å²) >= 11 is 1.74. The monoisotopic (exact) mass is 353 g/mol. The number of aliphatic carboxylic acids is 1. The molecular weight excluding hydrogens is 334 g/mol. The van der Waals surface area contributed by atoms with Crippen molar-refractivity contribution in [3.63, 3.8) is 0 Å². The molecule has 1 aliphatic carbocycles. The molecule has 0 spiro atoms. The summed E-state index contributed by atoms with van der Waals surface area (Å²) in [5.41, 5.74) is 2.47. The first-order valence-corrected chi connectivity index (χ1v) is 9.21. The zero-order valence-corrected chi connectivity index (χ0v) is 14.8. The van der Waals surface area contributed by atoms with Crippen molar-refractivity contribution in [2.24, 2.45) is 0 Å². The SMILES string of the molecule is CN(CC(=O)O)c1nc(Cc2ccccc2)nc2sc3c(c12)CCC3.